The lowest BCUT2D eigenvalue weighted by atomic mass is 10.3. The molecule has 2 rings (SSSR count). The summed E-state index contributed by atoms with van der Waals surface area (Å²) in [6, 6.07) is 3.33. The Morgan fingerprint density at radius 1 is 1.19 bits per heavy atom. The van der Waals surface area contributed by atoms with Crippen LogP contribution in [0.4, 0.5) is 0 Å². The highest BCUT2D eigenvalue weighted by Crippen LogP contribution is 2.28. The van der Waals surface area contributed by atoms with Crippen LogP contribution in [0.5, 0.6) is 0 Å². The highest BCUT2D eigenvalue weighted by Gasteiger charge is 2.11. The number of hydrogen-bond donors (Lipinski definition) is 2. The molecule has 86 valence electrons. The lowest BCUT2D eigenvalue weighted by molar-refractivity contribution is 0.248. The Balaban J connectivity index is 2.69. The summed E-state index contributed by atoms with van der Waals surface area (Å²) in [6.45, 7) is 0.146. The van der Waals surface area contributed by atoms with E-state index < -0.39 is 0 Å². The summed E-state index contributed by atoms with van der Waals surface area (Å²) in [5.41, 5.74) is 1.42. The molecule has 2 N–H and O–H groups in total. The van der Waals surface area contributed by atoms with E-state index in [9.17, 15) is 0 Å². The average Bonchev–Trinajstić information content (AvgIpc) is 2.58. The number of halogens is 2. The van der Waals surface area contributed by atoms with Crippen molar-refractivity contribution in [3.63, 3.8) is 0 Å². The van der Waals surface area contributed by atoms with Crippen molar-refractivity contribution in [1.29, 1.82) is 0 Å². The van der Waals surface area contributed by atoms with E-state index >= 15 is 0 Å². The first kappa shape index (κ1) is 11.7. The van der Waals surface area contributed by atoms with Crippen molar-refractivity contribution in [2.45, 2.75) is 13.2 Å². The highest BCUT2D eigenvalue weighted by atomic mass is 35.5. The van der Waals surface area contributed by atoms with Crippen molar-refractivity contribution in [3.05, 3.63) is 28.0 Å². The Hall–Kier alpha value is -0.810. The van der Waals surface area contributed by atoms with Gasteiger partial charge in [0.25, 0.3) is 0 Å². The van der Waals surface area contributed by atoms with E-state index in [-0.39, 0.29) is 13.2 Å². The number of benzene rings is 1. The third-order valence-corrected chi connectivity index (χ3v) is 3.06. The summed E-state index contributed by atoms with van der Waals surface area (Å²) in [4.78, 5) is 4.21. The number of aliphatic hydroxyl groups is 2. The third kappa shape index (κ3) is 1.89. The van der Waals surface area contributed by atoms with Gasteiger partial charge in [0.1, 0.15) is 12.4 Å². The van der Waals surface area contributed by atoms with Gasteiger partial charge in [-0.1, -0.05) is 23.2 Å². The summed E-state index contributed by atoms with van der Waals surface area (Å²) in [5, 5.41) is 19.0. The Labute approximate surface area is 102 Å². The summed E-state index contributed by atoms with van der Waals surface area (Å²) in [5.74, 6) is 0.488. The van der Waals surface area contributed by atoms with E-state index in [1.807, 2.05) is 0 Å². The van der Waals surface area contributed by atoms with Gasteiger partial charge in [0.05, 0.1) is 27.7 Å². The molecule has 0 saturated heterocycles. The van der Waals surface area contributed by atoms with Gasteiger partial charge in [-0.25, -0.2) is 4.98 Å². The van der Waals surface area contributed by atoms with Gasteiger partial charge in [0, 0.05) is 6.54 Å². The van der Waals surface area contributed by atoms with Gasteiger partial charge in [-0.15, -0.1) is 0 Å². The smallest absolute Gasteiger partial charge is 0.135 e. The van der Waals surface area contributed by atoms with Crippen LogP contribution in [0, 0.1) is 0 Å². The average molecular weight is 261 g/mol. The first-order valence-electron chi connectivity index (χ1n) is 4.73. The predicted molar refractivity (Wildman–Crippen MR) is 62.8 cm³/mol. The summed E-state index contributed by atoms with van der Waals surface area (Å²) in [7, 11) is 0. The van der Waals surface area contributed by atoms with Crippen molar-refractivity contribution in [1.82, 2.24) is 9.55 Å². The molecule has 0 spiro atoms. The molecule has 0 aliphatic carbocycles. The molecule has 0 bridgehead atoms. The lowest BCUT2D eigenvalue weighted by Crippen LogP contribution is -2.06. The second-order valence-corrected chi connectivity index (χ2v) is 4.13. The Morgan fingerprint density at radius 3 is 2.50 bits per heavy atom. The fourth-order valence-electron chi connectivity index (χ4n) is 1.64. The molecule has 2 aromatic rings. The number of imidazole rings is 1. The van der Waals surface area contributed by atoms with Crippen molar-refractivity contribution in [2.75, 3.05) is 6.61 Å². The van der Waals surface area contributed by atoms with Crippen LogP contribution in [0.1, 0.15) is 5.82 Å². The van der Waals surface area contributed by atoms with Crippen LogP contribution in [0.15, 0.2) is 12.1 Å². The normalized spacial score (nSPS) is 11.2. The first-order chi connectivity index (χ1) is 7.67. The maximum absolute atomic E-state index is 9.15. The third-order valence-electron chi connectivity index (χ3n) is 2.33. The molecule has 1 aromatic carbocycles. The minimum atomic E-state index is -0.191. The molecule has 0 radical (unpaired) electrons. The number of nitrogens with zero attached hydrogens (tertiary/aromatic N) is 2. The maximum Gasteiger partial charge on any atom is 0.135 e. The van der Waals surface area contributed by atoms with E-state index in [1.165, 1.54) is 0 Å². The quantitative estimate of drug-likeness (QED) is 0.886. The van der Waals surface area contributed by atoms with Crippen LogP contribution in [0.25, 0.3) is 11.0 Å². The minimum Gasteiger partial charge on any atom is -0.395 e. The van der Waals surface area contributed by atoms with Gasteiger partial charge in [0.2, 0.25) is 0 Å². The van der Waals surface area contributed by atoms with Gasteiger partial charge in [-0.3, -0.25) is 0 Å². The molecule has 0 aliphatic rings. The van der Waals surface area contributed by atoms with Gasteiger partial charge < -0.3 is 14.8 Å². The van der Waals surface area contributed by atoms with Crippen LogP contribution in [-0.2, 0) is 13.2 Å². The first-order valence-corrected chi connectivity index (χ1v) is 5.49. The molecule has 1 heterocycles. The second kappa shape index (κ2) is 4.59. The molecule has 4 nitrogen and oxygen atoms in total. The maximum atomic E-state index is 9.15. The van der Waals surface area contributed by atoms with Crippen molar-refractivity contribution >= 4 is 34.2 Å². The fraction of sp³-hybridized carbons (Fsp3) is 0.300. The zero-order valence-electron chi connectivity index (χ0n) is 8.32. The van der Waals surface area contributed by atoms with E-state index in [0.29, 0.717) is 27.9 Å². The van der Waals surface area contributed by atoms with Gasteiger partial charge in [-0.2, -0.15) is 0 Å². The highest BCUT2D eigenvalue weighted by molar-refractivity contribution is 6.42. The van der Waals surface area contributed by atoms with Crippen LogP contribution >= 0.6 is 23.2 Å². The zero-order valence-corrected chi connectivity index (χ0v) is 9.83. The largest absolute Gasteiger partial charge is 0.395 e. The lowest BCUT2D eigenvalue weighted by Gasteiger charge is -2.05. The molecule has 16 heavy (non-hydrogen) atoms. The second-order valence-electron chi connectivity index (χ2n) is 3.32. The zero-order chi connectivity index (χ0) is 11.7. The Bertz CT molecular complexity index is 525. The number of rotatable bonds is 3. The van der Waals surface area contributed by atoms with E-state index in [1.54, 1.807) is 16.7 Å². The van der Waals surface area contributed by atoms with Crippen LogP contribution < -0.4 is 0 Å². The minimum absolute atomic E-state index is 0.0291. The van der Waals surface area contributed by atoms with Crippen LogP contribution in [0.2, 0.25) is 10.0 Å². The fourth-order valence-corrected chi connectivity index (χ4v) is 1.96. The summed E-state index contributed by atoms with van der Waals surface area (Å²) < 4.78 is 1.72. The molecular weight excluding hydrogens is 251 g/mol. The monoisotopic (exact) mass is 260 g/mol. The van der Waals surface area contributed by atoms with E-state index in [0.717, 1.165) is 5.52 Å². The number of fused-ring (bicyclic) bond motifs is 1. The molecule has 0 amide bonds. The SMILES string of the molecule is OCCn1c(CO)nc2cc(Cl)c(Cl)cc21. The Morgan fingerprint density at radius 2 is 1.88 bits per heavy atom. The summed E-state index contributed by atoms with van der Waals surface area (Å²) >= 11 is 11.8. The summed E-state index contributed by atoms with van der Waals surface area (Å²) in [6.07, 6.45) is 0. The Kier molecular flexibility index (Phi) is 3.35. The van der Waals surface area contributed by atoms with E-state index in [4.69, 9.17) is 33.4 Å². The number of aromatic nitrogens is 2. The number of hydrogen-bond acceptors (Lipinski definition) is 3. The molecule has 0 aliphatic heterocycles. The van der Waals surface area contributed by atoms with Crippen molar-refractivity contribution in [3.8, 4) is 0 Å². The van der Waals surface area contributed by atoms with Gasteiger partial charge in [-0.05, 0) is 12.1 Å². The molecule has 0 atom stereocenters. The van der Waals surface area contributed by atoms with Crippen molar-refractivity contribution < 1.29 is 10.2 Å². The predicted octanol–water partition coefficient (Wildman–Crippen LogP) is 1.83. The van der Waals surface area contributed by atoms with Gasteiger partial charge >= 0.3 is 0 Å². The van der Waals surface area contributed by atoms with E-state index in [2.05, 4.69) is 4.98 Å². The molecule has 0 fully saturated rings. The molecule has 0 saturated carbocycles. The van der Waals surface area contributed by atoms with Crippen molar-refractivity contribution in [2.24, 2.45) is 0 Å². The molecule has 6 heteroatoms. The molecule has 0 unspecified atom stereocenters. The molecular formula is C10H10Cl2N2O2. The topological polar surface area (TPSA) is 58.3 Å². The van der Waals surface area contributed by atoms with Gasteiger partial charge in [0.15, 0.2) is 0 Å². The van der Waals surface area contributed by atoms with Crippen LogP contribution in [0.3, 0.4) is 0 Å². The van der Waals surface area contributed by atoms with Crippen LogP contribution in [-0.4, -0.2) is 26.4 Å². The standard InChI is InChI=1S/C10H10Cl2N2O2/c11-6-3-8-9(4-7(6)12)14(1-2-15)10(5-16)13-8/h3-4,15-16H,1-2,5H2. The molecule has 1 aromatic heterocycles. The number of aliphatic hydroxyl groups excluding tert-OH is 2.